The minimum Gasteiger partial charge on any atom is -0.493 e. The summed E-state index contributed by atoms with van der Waals surface area (Å²) in [5.74, 6) is 1.14. The van der Waals surface area contributed by atoms with Gasteiger partial charge in [0.2, 0.25) is 0 Å². The van der Waals surface area contributed by atoms with Crippen molar-refractivity contribution in [1.82, 2.24) is 0 Å². The van der Waals surface area contributed by atoms with E-state index in [1.807, 2.05) is 18.2 Å². The van der Waals surface area contributed by atoms with Crippen LogP contribution in [-0.4, -0.2) is 26.3 Å². The first-order valence-electron chi connectivity index (χ1n) is 7.13. The summed E-state index contributed by atoms with van der Waals surface area (Å²) in [6, 6.07) is 5.49. The van der Waals surface area contributed by atoms with Crippen LogP contribution in [0.1, 0.15) is 37.7 Å². The molecule has 4 heteroatoms. The fourth-order valence-corrected chi connectivity index (χ4v) is 2.57. The van der Waals surface area contributed by atoms with Crippen LogP contribution in [0.4, 0.5) is 0 Å². The largest absolute Gasteiger partial charge is 0.493 e. The summed E-state index contributed by atoms with van der Waals surface area (Å²) >= 11 is 0. The minimum absolute atomic E-state index is 0.108. The number of hydrogen-bond donors (Lipinski definition) is 0. The summed E-state index contributed by atoms with van der Waals surface area (Å²) in [4.78, 5) is 11.9. The van der Waals surface area contributed by atoms with Gasteiger partial charge >= 0.3 is 5.97 Å². The van der Waals surface area contributed by atoms with Crippen molar-refractivity contribution < 1.29 is 19.0 Å². The van der Waals surface area contributed by atoms with Crippen LogP contribution in [0.25, 0.3) is 0 Å². The quantitative estimate of drug-likeness (QED) is 0.776. The van der Waals surface area contributed by atoms with Crippen LogP contribution < -0.4 is 9.47 Å². The number of ether oxygens (including phenoxy) is 3. The number of rotatable bonds is 5. The van der Waals surface area contributed by atoms with E-state index in [2.05, 4.69) is 0 Å². The van der Waals surface area contributed by atoms with Gasteiger partial charge in [-0.2, -0.15) is 0 Å². The molecule has 0 spiro atoms. The van der Waals surface area contributed by atoms with Gasteiger partial charge in [-0.05, 0) is 43.4 Å². The zero-order valence-corrected chi connectivity index (χ0v) is 12.2. The highest BCUT2D eigenvalue weighted by Gasteiger charge is 2.18. The number of methoxy groups -OCH3 is 2. The molecular weight excluding hydrogens is 256 g/mol. The van der Waals surface area contributed by atoms with Crippen LogP contribution in [0.5, 0.6) is 11.5 Å². The molecule has 0 saturated heterocycles. The van der Waals surface area contributed by atoms with E-state index in [-0.39, 0.29) is 18.5 Å². The smallest absolute Gasteiger partial charge is 0.310 e. The maximum atomic E-state index is 11.9. The zero-order chi connectivity index (χ0) is 14.4. The first-order chi connectivity index (χ1) is 9.72. The van der Waals surface area contributed by atoms with Crippen molar-refractivity contribution in [2.24, 2.45) is 0 Å². The van der Waals surface area contributed by atoms with Gasteiger partial charge in [0.1, 0.15) is 6.10 Å². The summed E-state index contributed by atoms with van der Waals surface area (Å²) in [7, 11) is 3.18. The lowest BCUT2D eigenvalue weighted by molar-refractivity contribution is -0.149. The third-order valence-corrected chi connectivity index (χ3v) is 3.65. The maximum Gasteiger partial charge on any atom is 0.310 e. The molecule has 0 unspecified atom stereocenters. The van der Waals surface area contributed by atoms with E-state index >= 15 is 0 Å². The Kier molecular flexibility index (Phi) is 5.27. The monoisotopic (exact) mass is 278 g/mol. The van der Waals surface area contributed by atoms with E-state index in [1.165, 1.54) is 6.42 Å². The van der Waals surface area contributed by atoms with Gasteiger partial charge in [-0.25, -0.2) is 0 Å². The predicted molar refractivity (Wildman–Crippen MR) is 76.2 cm³/mol. The fraction of sp³-hybridized carbons (Fsp3) is 0.562. The summed E-state index contributed by atoms with van der Waals surface area (Å²) in [5, 5.41) is 0. The average molecular weight is 278 g/mol. The fourth-order valence-electron chi connectivity index (χ4n) is 2.57. The molecule has 0 amide bonds. The number of hydrogen-bond acceptors (Lipinski definition) is 4. The summed E-state index contributed by atoms with van der Waals surface area (Å²) in [6.45, 7) is 0. The molecule has 0 aromatic heterocycles. The summed E-state index contributed by atoms with van der Waals surface area (Å²) in [6.07, 6.45) is 5.95. The van der Waals surface area contributed by atoms with Crippen molar-refractivity contribution in [3.63, 3.8) is 0 Å². The molecule has 1 aliphatic carbocycles. The predicted octanol–water partition coefficient (Wildman–Crippen LogP) is 3.12. The highest BCUT2D eigenvalue weighted by molar-refractivity contribution is 5.73. The Hall–Kier alpha value is -1.71. The second-order valence-corrected chi connectivity index (χ2v) is 5.12. The Morgan fingerprint density at radius 1 is 1.10 bits per heavy atom. The second kappa shape index (κ2) is 7.17. The number of esters is 1. The second-order valence-electron chi connectivity index (χ2n) is 5.12. The van der Waals surface area contributed by atoms with Crippen LogP contribution in [-0.2, 0) is 16.0 Å². The highest BCUT2D eigenvalue weighted by atomic mass is 16.5. The van der Waals surface area contributed by atoms with E-state index in [4.69, 9.17) is 14.2 Å². The number of benzene rings is 1. The first-order valence-corrected chi connectivity index (χ1v) is 7.13. The zero-order valence-electron chi connectivity index (χ0n) is 12.2. The first kappa shape index (κ1) is 14.7. The lowest BCUT2D eigenvalue weighted by atomic mass is 9.98. The van der Waals surface area contributed by atoms with Gasteiger partial charge in [-0.3, -0.25) is 4.79 Å². The third-order valence-electron chi connectivity index (χ3n) is 3.65. The van der Waals surface area contributed by atoms with Gasteiger partial charge in [0.15, 0.2) is 11.5 Å². The molecule has 0 atom stereocenters. The highest BCUT2D eigenvalue weighted by Crippen LogP contribution is 2.28. The summed E-state index contributed by atoms with van der Waals surface area (Å²) in [5.41, 5.74) is 0.878. The van der Waals surface area contributed by atoms with E-state index in [0.717, 1.165) is 31.2 Å². The number of carbonyl (C=O) groups is 1. The molecule has 0 bridgehead atoms. The third kappa shape index (κ3) is 3.89. The average Bonchev–Trinajstić information content (AvgIpc) is 2.48. The molecule has 110 valence electrons. The Labute approximate surface area is 120 Å². The lowest BCUT2D eigenvalue weighted by Crippen LogP contribution is -2.21. The summed E-state index contributed by atoms with van der Waals surface area (Å²) < 4.78 is 15.9. The van der Waals surface area contributed by atoms with Gasteiger partial charge in [-0.15, -0.1) is 0 Å². The molecule has 1 aliphatic rings. The number of carbonyl (C=O) groups excluding carboxylic acids is 1. The van der Waals surface area contributed by atoms with Crippen LogP contribution >= 0.6 is 0 Å². The minimum atomic E-state index is -0.163. The van der Waals surface area contributed by atoms with Gasteiger partial charge in [0.25, 0.3) is 0 Å². The molecule has 1 fully saturated rings. The van der Waals surface area contributed by atoms with Crippen LogP contribution in [0.3, 0.4) is 0 Å². The van der Waals surface area contributed by atoms with Crippen molar-refractivity contribution in [2.45, 2.75) is 44.6 Å². The van der Waals surface area contributed by atoms with E-state index in [0.29, 0.717) is 11.5 Å². The molecule has 20 heavy (non-hydrogen) atoms. The van der Waals surface area contributed by atoms with Gasteiger partial charge in [0.05, 0.1) is 20.6 Å². The Morgan fingerprint density at radius 3 is 2.45 bits per heavy atom. The normalized spacial score (nSPS) is 15.7. The topological polar surface area (TPSA) is 44.8 Å². The standard InChI is InChI=1S/C16H22O4/c1-18-14-9-8-12(10-15(14)19-2)11-16(17)20-13-6-4-3-5-7-13/h8-10,13H,3-7,11H2,1-2H3. The van der Waals surface area contributed by atoms with Gasteiger partial charge in [0, 0.05) is 0 Å². The van der Waals surface area contributed by atoms with E-state index < -0.39 is 0 Å². The Balaban J connectivity index is 1.93. The van der Waals surface area contributed by atoms with E-state index in [9.17, 15) is 4.79 Å². The maximum absolute atomic E-state index is 11.9. The van der Waals surface area contributed by atoms with Crippen molar-refractivity contribution in [3.05, 3.63) is 23.8 Å². The SMILES string of the molecule is COc1ccc(CC(=O)OC2CCCCC2)cc1OC. The van der Waals surface area contributed by atoms with Crippen LogP contribution in [0.15, 0.2) is 18.2 Å². The van der Waals surface area contributed by atoms with Gasteiger partial charge in [-0.1, -0.05) is 12.5 Å². The Bertz CT molecular complexity index is 450. The van der Waals surface area contributed by atoms with Crippen molar-refractivity contribution in [1.29, 1.82) is 0 Å². The molecule has 1 aromatic carbocycles. The van der Waals surface area contributed by atoms with Crippen molar-refractivity contribution in [3.8, 4) is 11.5 Å². The van der Waals surface area contributed by atoms with Gasteiger partial charge < -0.3 is 14.2 Å². The molecule has 0 aliphatic heterocycles. The molecular formula is C16H22O4. The van der Waals surface area contributed by atoms with Crippen LogP contribution in [0, 0.1) is 0 Å². The van der Waals surface area contributed by atoms with E-state index in [1.54, 1.807) is 14.2 Å². The molecule has 0 radical (unpaired) electrons. The molecule has 4 nitrogen and oxygen atoms in total. The Morgan fingerprint density at radius 2 is 1.80 bits per heavy atom. The molecule has 1 aromatic rings. The molecule has 0 N–H and O–H groups in total. The molecule has 2 rings (SSSR count). The van der Waals surface area contributed by atoms with Crippen molar-refractivity contribution >= 4 is 5.97 Å². The molecule has 1 saturated carbocycles. The lowest BCUT2D eigenvalue weighted by Gasteiger charge is -2.21. The van der Waals surface area contributed by atoms with Crippen molar-refractivity contribution in [2.75, 3.05) is 14.2 Å². The van der Waals surface area contributed by atoms with Crippen LogP contribution in [0.2, 0.25) is 0 Å². The molecule has 0 heterocycles.